The molecule has 0 atom stereocenters. The Morgan fingerprint density at radius 2 is 2.08 bits per heavy atom. The standard InChI is InChI=1S/C16H13BrClN5O/c1-10-6-7-14(12(17)8-10)19-15(24)9-23-21-16(20-22-23)11-4-2-3-5-13(11)18/h2-8H,9H2,1H3,(H,19,24). The summed E-state index contributed by atoms with van der Waals surface area (Å²) in [5, 5.41) is 15.4. The van der Waals surface area contributed by atoms with Crippen molar-refractivity contribution in [1.29, 1.82) is 0 Å². The van der Waals surface area contributed by atoms with Gasteiger partial charge in [0.15, 0.2) is 0 Å². The topological polar surface area (TPSA) is 72.7 Å². The first-order valence-electron chi connectivity index (χ1n) is 7.11. The van der Waals surface area contributed by atoms with Crippen molar-refractivity contribution in [1.82, 2.24) is 20.2 Å². The maximum atomic E-state index is 12.1. The van der Waals surface area contributed by atoms with Crippen LogP contribution < -0.4 is 5.32 Å². The number of halogens is 2. The summed E-state index contributed by atoms with van der Waals surface area (Å²) in [6, 6.07) is 12.9. The third-order valence-corrected chi connectivity index (χ3v) is 4.24. The minimum absolute atomic E-state index is 0.0439. The zero-order valence-electron chi connectivity index (χ0n) is 12.7. The highest BCUT2D eigenvalue weighted by molar-refractivity contribution is 9.10. The van der Waals surface area contributed by atoms with E-state index in [4.69, 9.17) is 11.6 Å². The molecule has 1 N–H and O–H groups in total. The molecule has 122 valence electrons. The second kappa shape index (κ2) is 7.11. The van der Waals surface area contributed by atoms with Crippen LogP contribution in [0.25, 0.3) is 11.4 Å². The van der Waals surface area contributed by atoms with Gasteiger partial charge in [-0.05, 0) is 57.9 Å². The van der Waals surface area contributed by atoms with E-state index in [9.17, 15) is 4.79 Å². The van der Waals surface area contributed by atoms with E-state index in [0.29, 0.717) is 22.1 Å². The highest BCUT2D eigenvalue weighted by Crippen LogP contribution is 2.24. The summed E-state index contributed by atoms with van der Waals surface area (Å²) in [4.78, 5) is 13.4. The van der Waals surface area contributed by atoms with E-state index in [2.05, 4.69) is 36.7 Å². The van der Waals surface area contributed by atoms with Gasteiger partial charge in [0, 0.05) is 10.0 Å². The van der Waals surface area contributed by atoms with Crippen LogP contribution in [-0.4, -0.2) is 26.1 Å². The molecular formula is C16H13BrClN5O. The summed E-state index contributed by atoms with van der Waals surface area (Å²) < 4.78 is 0.819. The first-order chi connectivity index (χ1) is 11.5. The second-order valence-electron chi connectivity index (χ2n) is 5.15. The number of hydrogen-bond donors (Lipinski definition) is 1. The quantitative estimate of drug-likeness (QED) is 0.717. The summed E-state index contributed by atoms with van der Waals surface area (Å²) in [5.74, 6) is 0.132. The fourth-order valence-corrected chi connectivity index (χ4v) is 2.91. The molecule has 0 radical (unpaired) electrons. The third kappa shape index (κ3) is 3.80. The number of nitrogens with one attached hydrogen (secondary N) is 1. The maximum absolute atomic E-state index is 12.1. The molecule has 1 heterocycles. The van der Waals surface area contributed by atoms with Gasteiger partial charge in [-0.15, -0.1) is 10.2 Å². The van der Waals surface area contributed by atoms with E-state index >= 15 is 0 Å². The highest BCUT2D eigenvalue weighted by Gasteiger charge is 2.12. The molecule has 0 unspecified atom stereocenters. The fourth-order valence-electron chi connectivity index (χ4n) is 2.10. The molecule has 1 aromatic heterocycles. The molecule has 24 heavy (non-hydrogen) atoms. The van der Waals surface area contributed by atoms with Crippen molar-refractivity contribution in [3.63, 3.8) is 0 Å². The van der Waals surface area contributed by atoms with Gasteiger partial charge in [0.25, 0.3) is 0 Å². The molecule has 0 saturated heterocycles. The van der Waals surface area contributed by atoms with Gasteiger partial charge in [-0.25, -0.2) is 0 Å². The summed E-state index contributed by atoms with van der Waals surface area (Å²) in [6.07, 6.45) is 0. The average Bonchev–Trinajstić information content (AvgIpc) is 2.99. The molecule has 0 aliphatic heterocycles. The van der Waals surface area contributed by atoms with Crippen LogP contribution in [-0.2, 0) is 11.3 Å². The van der Waals surface area contributed by atoms with Gasteiger partial charge in [-0.1, -0.05) is 29.8 Å². The van der Waals surface area contributed by atoms with Crippen LogP contribution in [0.1, 0.15) is 5.56 Å². The normalized spacial score (nSPS) is 10.6. The van der Waals surface area contributed by atoms with Crippen molar-refractivity contribution >= 4 is 39.1 Å². The Balaban J connectivity index is 1.70. The molecule has 1 amide bonds. The van der Waals surface area contributed by atoms with E-state index in [1.165, 1.54) is 4.80 Å². The van der Waals surface area contributed by atoms with E-state index in [0.717, 1.165) is 10.0 Å². The fraction of sp³-hybridized carbons (Fsp3) is 0.125. The first-order valence-corrected chi connectivity index (χ1v) is 8.29. The van der Waals surface area contributed by atoms with Crippen molar-refractivity contribution in [3.8, 4) is 11.4 Å². The van der Waals surface area contributed by atoms with Gasteiger partial charge in [0.1, 0.15) is 6.54 Å². The van der Waals surface area contributed by atoms with Gasteiger partial charge >= 0.3 is 0 Å². The van der Waals surface area contributed by atoms with Crippen molar-refractivity contribution < 1.29 is 4.79 Å². The summed E-state index contributed by atoms with van der Waals surface area (Å²) >= 11 is 9.53. The molecule has 6 nitrogen and oxygen atoms in total. The van der Waals surface area contributed by atoms with Crippen LogP contribution in [0.2, 0.25) is 5.02 Å². The Bertz CT molecular complexity index is 896. The number of benzene rings is 2. The van der Waals surface area contributed by atoms with E-state index in [1.54, 1.807) is 12.1 Å². The molecule has 0 bridgehead atoms. The lowest BCUT2D eigenvalue weighted by Gasteiger charge is -2.07. The monoisotopic (exact) mass is 405 g/mol. The van der Waals surface area contributed by atoms with E-state index in [1.807, 2.05) is 37.3 Å². The van der Waals surface area contributed by atoms with Crippen LogP contribution in [0, 0.1) is 6.92 Å². The summed E-state index contributed by atoms with van der Waals surface area (Å²) in [6.45, 7) is 1.93. The summed E-state index contributed by atoms with van der Waals surface area (Å²) in [5.41, 5.74) is 2.46. The molecule has 3 aromatic rings. The molecule has 0 saturated carbocycles. The smallest absolute Gasteiger partial charge is 0.248 e. The van der Waals surface area contributed by atoms with Crippen LogP contribution in [0.3, 0.4) is 0 Å². The SMILES string of the molecule is Cc1ccc(NC(=O)Cn2nnc(-c3ccccc3Cl)n2)c(Br)c1. The summed E-state index contributed by atoms with van der Waals surface area (Å²) in [7, 11) is 0. The zero-order valence-corrected chi connectivity index (χ0v) is 15.0. The van der Waals surface area contributed by atoms with Gasteiger partial charge < -0.3 is 5.32 Å². The van der Waals surface area contributed by atoms with E-state index < -0.39 is 0 Å². The van der Waals surface area contributed by atoms with Gasteiger partial charge in [0.05, 0.1) is 10.7 Å². The minimum atomic E-state index is -0.248. The molecule has 8 heteroatoms. The molecule has 0 aliphatic carbocycles. The number of aryl methyl sites for hydroxylation is 1. The Labute approximate surface area is 152 Å². The highest BCUT2D eigenvalue weighted by atomic mass is 79.9. The Kier molecular flexibility index (Phi) is 4.92. The van der Waals surface area contributed by atoms with E-state index in [-0.39, 0.29) is 12.5 Å². The Morgan fingerprint density at radius 1 is 1.29 bits per heavy atom. The lowest BCUT2D eigenvalue weighted by atomic mass is 10.2. The Morgan fingerprint density at radius 3 is 2.83 bits per heavy atom. The van der Waals surface area contributed by atoms with Crippen LogP contribution in [0.15, 0.2) is 46.9 Å². The van der Waals surface area contributed by atoms with Crippen LogP contribution in [0.4, 0.5) is 5.69 Å². The predicted octanol–water partition coefficient (Wildman–Crippen LogP) is 3.70. The number of tetrazole rings is 1. The van der Waals surface area contributed by atoms with Crippen molar-refractivity contribution in [2.45, 2.75) is 13.5 Å². The molecule has 2 aromatic carbocycles. The third-order valence-electron chi connectivity index (χ3n) is 3.25. The zero-order chi connectivity index (χ0) is 17.1. The largest absolute Gasteiger partial charge is 0.323 e. The van der Waals surface area contributed by atoms with Crippen LogP contribution >= 0.6 is 27.5 Å². The molecule has 0 aliphatic rings. The lowest BCUT2D eigenvalue weighted by molar-refractivity contribution is -0.117. The van der Waals surface area contributed by atoms with Gasteiger partial charge in [-0.2, -0.15) is 4.80 Å². The number of amides is 1. The number of rotatable bonds is 4. The Hall–Kier alpha value is -2.25. The second-order valence-corrected chi connectivity index (χ2v) is 6.42. The van der Waals surface area contributed by atoms with Crippen molar-refractivity contribution in [2.75, 3.05) is 5.32 Å². The number of hydrogen-bond acceptors (Lipinski definition) is 4. The average molecular weight is 407 g/mol. The number of aromatic nitrogens is 4. The number of nitrogens with zero attached hydrogens (tertiary/aromatic N) is 4. The molecule has 3 rings (SSSR count). The number of carbonyl (C=O) groups is 1. The number of anilines is 1. The van der Waals surface area contributed by atoms with Gasteiger partial charge in [-0.3, -0.25) is 4.79 Å². The molecular weight excluding hydrogens is 394 g/mol. The lowest BCUT2D eigenvalue weighted by Crippen LogP contribution is -2.20. The maximum Gasteiger partial charge on any atom is 0.248 e. The first kappa shape index (κ1) is 16.6. The number of carbonyl (C=O) groups excluding carboxylic acids is 1. The van der Waals surface area contributed by atoms with Crippen LogP contribution in [0.5, 0.6) is 0 Å². The van der Waals surface area contributed by atoms with Crippen molar-refractivity contribution in [3.05, 3.63) is 57.5 Å². The van der Waals surface area contributed by atoms with Gasteiger partial charge in [0.2, 0.25) is 11.7 Å². The minimum Gasteiger partial charge on any atom is -0.323 e. The predicted molar refractivity (Wildman–Crippen MR) is 95.8 cm³/mol. The molecule has 0 spiro atoms. The van der Waals surface area contributed by atoms with Crippen molar-refractivity contribution in [2.24, 2.45) is 0 Å². The molecule has 0 fully saturated rings.